The molecule has 1 saturated heterocycles. The predicted molar refractivity (Wildman–Crippen MR) is 118 cm³/mol. The van der Waals surface area contributed by atoms with Crippen LogP contribution in [0.1, 0.15) is 18.4 Å². The highest BCUT2D eigenvalue weighted by molar-refractivity contribution is 6.30. The Morgan fingerprint density at radius 2 is 1.46 bits per heavy atom. The largest absolute Gasteiger partial charge is 0.341 e. The molecule has 0 atom stereocenters. The Labute approximate surface area is 175 Å². The van der Waals surface area contributed by atoms with Gasteiger partial charge in [0.2, 0.25) is 17.8 Å². The van der Waals surface area contributed by atoms with Gasteiger partial charge in [0.25, 0.3) is 0 Å². The summed E-state index contributed by atoms with van der Waals surface area (Å²) in [4.78, 5) is 16.0. The molecule has 0 saturated carbocycles. The standard InChI is InChI=1S/C20H21ClN6.ClH/c1-14-6-4-8-16(12-14)22-18-24-19(23-17-9-5-7-15(21)13-17)26-20(25-18)27-10-2-3-11-27;/h4-9,12-13H,2-3,10-11H2,1H3,(H2,22,23,24,25,26);1H. The lowest BCUT2D eigenvalue weighted by Gasteiger charge is -2.17. The maximum Gasteiger partial charge on any atom is 0.233 e. The molecule has 6 nitrogen and oxygen atoms in total. The zero-order valence-electron chi connectivity index (χ0n) is 15.5. The number of nitrogens with one attached hydrogen (secondary N) is 2. The summed E-state index contributed by atoms with van der Waals surface area (Å²) >= 11 is 6.09. The molecule has 0 unspecified atom stereocenters. The Morgan fingerprint density at radius 3 is 2.07 bits per heavy atom. The second-order valence-electron chi connectivity index (χ2n) is 6.61. The number of aryl methyl sites for hydroxylation is 1. The summed E-state index contributed by atoms with van der Waals surface area (Å²) < 4.78 is 0. The van der Waals surface area contributed by atoms with Crippen molar-refractivity contribution in [2.24, 2.45) is 0 Å². The van der Waals surface area contributed by atoms with Crippen molar-refractivity contribution in [3.05, 3.63) is 59.1 Å². The van der Waals surface area contributed by atoms with Crippen LogP contribution in [0.4, 0.5) is 29.2 Å². The average molecular weight is 417 g/mol. The molecule has 0 spiro atoms. The van der Waals surface area contributed by atoms with Crippen molar-refractivity contribution in [1.82, 2.24) is 15.0 Å². The van der Waals surface area contributed by atoms with Gasteiger partial charge in [0.15, 0.2) is 0 Å². The van der Waals surface area contributed by atoms with Crippen LogP contribution in [0.25, 0.3) is 0 Å². The van der Waals surface area contributed by atoms with Crippen molar-refractivity contribution < 1.29 is 0 Å². The van der Waals surface area contributed by atoms with Gasteiger partial charge in [-0.2, -0.15) is 15.0 Å². The number of hydrogen-bond donors (Lipinski definition) is 2. The number of hydrogen-bond acceptors (Lipinski definition) is 6. The van der Waals surface area contributed by atoms with Crippen LogP contribution < -0.4 is 15.5 Å². The van der Waals surface area contributed by atoms with Gasteiger partial charge >= 0.3 is 0 Å². The van der Waals surface area contributed by atoms with Crippen molar-refractivity contribution in [3.8, 4) is 0 Å². The lowest BCUT2D eigenvalue weighted by atomic mass is 10.2. The highest BCUT2D eigenvalue weighted by atomic mass is 35.5. The topological polar surface area (TPSA) is 66.0 Å². The molecule has 3 aromatic rings. The fraction of sp³-hybridized carbons (Fsp3) is 0.250. The van der Waals surface area contributed by atoms with E-state index in [1.54, 1.807) is 0 Å². The minimum Gasteiger partial charge on any atom is -0.341 e. The summed E-state index contributed by atoms with van der Waals surface area (Å²) in [5.41, 5.74) is 2.95. The molecule has 28 heavy (non-hydrogen) atoms. The summed E-state index contributed by atoms with van der Waals surface area (Å²) in [7, 11) is 0. The lowest BCUT2D eigenvalue weighted by molar-refractivity contribution is 0.886. The van der Waals surface area contributed by atoms with Crippen LogP contribution in [0.5, 0.6) is 0 Å². The SMILES string of the molecule is Cc1cccc(Nc2nc(Nc3cccc(Cl)c3)nc(N3CCCC3)n2)c1.Cl. The molecule has 8 heteroatoms. The molecule has 0 radical (unpaired) electrons. The molecule has 0 aliphatic carbocycles. The third-order valence-corrected chi connectivity index (χ3v) is 4.60. The first-order valence-electron chi connectivity index (χ1n) is 9.03. The predicted octanol–water partition coefficient (Wildman–Crippen LogP) is 5.34. The third kappa shape index (κ3) is 5.03. The van der Waals surface area contributed by atoms with E-state index in [1.807, 2.05) is 36.4 Å². The number of anilines is 5. The van der Waals surface area contributed by atoms with Gasteiger partial charge in [-0.3, -0.25) is 0 Å². The number of rotatable bonds is 5. The molecular formula is C20H22Cl2N6. The summed E-state index contributed by atoms with van der Waals surface area (Å²) in [6.45, 7) is 3.98. The Bertz CT molecular complexity index is 878. The molecule has 146 valence electrons. The minimum atomic E-state index is 0. The first-order valence-corrected chi connectivity index (χ1v) is 9.41. The van der Waals surface area contributed by atoms with Gasteiger partial charge in [-0.15, -0.1) is 12.4 Å². The Balaban J connectivity index is 0.00000225. The molecule has 1 aromatic heterocycles. The van der Waals surface area contributed by atoms with Crippen LogP contribution in [0.3, 0.4) is 0 Å². The van der Waals surface area contributed by atoms with Crippen LogP contribution in [0.2, 0.25) is 5.02 Å². The lowest BCUT2D eigenvalue weighted by Crippen LogP contribution is -2.21. The van der Waals surface area contributed by atoms with E-state index in [0.717, 1.165) is 37.3 Å². The van der Waals surface area contributed by atoms with E-state index in [-0.39, 0.29) is 12.4 Å². The zero-order valence-corrected chi connectivity index (χ0v) is 17.1. The summed E-state index contributed by atoms with van der Waals surface area (Å²) in [6, 6.07) is 15.6. The monoisotopic (exact) mass is 416 g/mol. The van der Waals surface area contributed by atoms with Gasteiger partial charge < -0.3 is 15.5 Å². The maximum atomic E-state index is 6.09. The summed E-state index contributed by atoms with van der Waals surface area (Å²) in [5, 5.41) is 7.18. The van der Waals surface area contributed by atoms with Crippen molar-refractivity contribution in [2.75, 3.05) is 28.6 Å². The second-order valence-corrected chi connectivity index (χ2v) is 7.04. The molecule has 0 bridgehead atoms. The van der Waals surface area contributed by atoms with Crippen LogP contribution >= 0.6 is 24.0 Å². The van der Waals surface area contributed by atoms with Gasteiger partial charge in [-0.1, -0.05) is 29.8 Å². The van der Waals surface area contributed by atoms with E-state index in [9.17, 15) is 0 Å². The van der Waals surface area contributed by atoms with E-state index >= 15 is 0 Å². The zero-order chi connectivity index (χ0) is 18.6. The molecule has 1 fully saturated rings. The average Bonchev–Trinajstić information content (AvgIpc) is 3.16. The van der Waals surface area contributed by atoms with Crippen molar-refractivity contribution >= 4 is 53.2 Å². The van der Waals surface area contributed by atoms with Crippen LogP contribution in [0.15, 0.2) is 48.5 Å². The number of benzene rings is 2. The quantitative estimate of drug-likeness (QED) is 0.584. The van der Waals surface area contributed by atoms with Gasteiger partial charge in [-0.25, -0.2) is 0 Å². The molecule has 1 aliphatic heterocycles. The first kappa shape index (κ1) is 20.2. The van der Waals surface area contributed by atoms with E-state index in [1.165, 1.54) is 5.56 Å². The van der Waals surface area contributed by atoms with Crippen LogP contribution in [0, 0.1) is 6.92 Å². The fourth-order valence-corrected chi connectivity index (χ4v) is 3.27. The van der Waals surface area contributed by atoms with Gasteiger partial charge in [0.1, 0.15) is 0 Å². The first-order chi connectivity index (χ1) is 13.2. The summed E-state index contributed by atoms with van der Waals surface area (Å²) in [5.74, 6) is 1.69. The normalized spacial score (nSPS) is 13.1. The highest BCUT2D eigenvalue weighted by Gasteiger charge is 2.17. The molecule has 2 aromatic carbocycles. The van der Waals surface area contributed by atoms with Crippen molar-refractivity contribution in [2.45, 2.75) is 19.8 Å². The van der Waals surface area contributed by atoms with E-state index in [4.69, 9.17) is 11.6 Å². The Morgan fingerprint density at radius 1 is 0.857 bits per heavy atom. The number of halogens is 2. The minimum absolute atomic E-state index is 0. The Kier molecular flexibility index (Phi) is 6.54. The second kappa shape index (κ2) is 9.08. The fourth-order valence-electron chi connectivity index (χ4n) is 3.08. The van der Waals surface area contributed by atoms with Gasteiger partial charge in [-0.05, 0) is 55.7 Å². The van der Waals surface area contributed by atoms with E-state index < -0.39 is 0 Å². The van der Waals surface area contributed by atoms with Crippen molar-refractivity contribution in [1.29, 1.82) is 0 Å². The molecular weight excluding hydrogens is 395 g/mol. The van der Waals surface area contributed by atoms with Gasteiger partial charge in [0.05, 0.1) is 0 Å². The molecule has 0 amide bonds. The van der Waals surface area contributed by atoms with E-state index in [2.05, 4.69) is 49.5 Å². The molecule has 4 rings (SSSR count). The van der Waals surface area contributed by atoms with Gasteiger partial charge in [0, 0.05) is 29.5 Å². The highest BCUT2D eigenvalue weighted by Crippen LogP contribution is 2.24. The molecule has 2 heterocycles. The third-order valence-electron chi connectivity index (χ3n) is 4.37. The van der Waals surface area contributed by atoms with Crippen LogP contribution in [-0.4, -0.2) is 28.0 Å². The number of aromatic nitrogens is 3. The summed E-state index contributed by atoms with van der Waals surface area (Å²) in [6.07, 6.45) is 2.31. The Hall–Kier alpha value is -2.57. The van der Waals surface area contributed by atoms with Crippen LogP contribution in [-0.2, 0) is 0 Å². The molecule has 1 aliphatic rings. The number of nitrogens with zero attached hydrogens (tertiary/aromatic N) is 4. The maximum absolute atomic E-state index is 6.09. The van der Waals surface area contributed by atoms with Crippen molar-refractivity contribution in [3.63, 3.8) is 0 Å². The molecule has 2 N–H and O–H groups in total. The smallest absolute Gasteiger partial charge is 0.233 e. The van der Waals surface area contributed by atoms with E-state index in [0.29, 0.717) is 22.9 Å².